The number of Topliss-reactive ketones (excluding diaryl/α,β-unsaturated/α-hetero) is 1. The van der Waals surface area contributed by atoms with Crippen LogP contribution in [0.15, 0.2) is 0 Å². The molecule has 0 aromatic rings. The summed E-state index contributed by atoms with van der Waals surface area (Å²) in [7, 11) is 0. The number of carbonyl (C=O) groups excluding carboxylic acids is 2. The van der Waals surface area contributed by atoms with Crippen LogP contribution in [0.4, 0.5) is 0 Å². The third-order valence-corrected chi connectivity index (χ3v) is 3.68. The molecule has 0 radical (unpaired) electrons. The Bertz CT molecular complexity index is 292. The highest BCUT2D eigenvalue weighted by Gasteiger charge is 2.40. The van der Waals surface area contributed by atoms with Gasteiger partial charge in [-0.2, -0.15) is 0 Å². The monoisotopic (exact) mass is 209 g/mol. The van der Waals surface area contributed by atoms with Gasteiger partial charge in [-0.1, -0.05) is 6.42 Å². The largest absolute Gasteiger partial charge is 0.330 e. The molecule has 84 valence electrons. The molecular formula is C12H19NO2. The van der Waals surface area contributed by atoms with Crippen molar-refractivity contribution in [3.63, 3.8) is 0 Å². The van der Waals surface area contributed by atoms with E-state index in [0.29, 0.717) is 25.3 Å². The van der Waals surface area contributed by atoms with E-state index in [9.17, 15) is 9.59 Å². The van der Waals surface area contributed by atoms with Crippen LogP contribution in [0.2, 0.25) is 0 Å². The summed E-state index contributed by atoms with van der Waals surface area (Å²) in [5.41, 5.74) is -0.252. The number of rotatable bonds is 2. The molecule has 0 bridgehead atoms. The maximum absolute atomic E-state index is 12.0. The summed E-state index contributed by atoms with van der Waals surface area (Å²) in [6, 6.07) is 0. The maximum Gasteiger partial charge on any atom is 0.223 e. The molecule has 0 N–H and O–H groups in total. The first kappa shape index (κ1) is 10.7. The van der Waals surface area contributed by atoms with Gasteiger partial charge in [0.1, 0.15) is 0 Å². The minimum atomic E-state index is -0.252. The molecule has 1 aliphatic heterocycles. The Morgan fingerprint density at radius 1 is 1.47 bits per heavy atom. The minimum Gasteiger partial charge on any atom is -0.330 e. The zero-order valence-corrected chi connectivity index (χ0v) is 9.58. The van der Waals surface area contributed by atoms with Gasteiger partial charge in [-0.3, -0.25) is 9.59 Å². The normalized spacial score (nSPS) is 25.5. The van der Waals surface area contributed by atoms with E-state index in [1.807, 2.05) is 13.8 Å². The molecule has 0 aromatic heterocycles. The van der Waals surface area contributed by atoms with Crippen molar-refractivity contribution in [3.8, 4) is 0 Å². The number of hydrogen-bond acceptors (Lipinski definition) is 2. The summed E-state index contributed by atoms with van der Waals surface area (Å²) in [6.07, 6.45) is 4.81. The fourth-order valence-corrected chi connectivity index (χ4v) is 2.50. The molecule has 1 heterocycles. The second kappa shape index (κ2) is 3.62. The van der Waals surface area contributed by atoms with Crippen molar-refractivity contribution in [1.82, 2.24) is 4.90 Å². The van der Waals surface area contributed by atoms with Crippen molar-refractivity contribution in [2.75, 3.05) is 6.54 Å². The number of hydrogen-bond donors (Lipinski definition) is 0. The molecule has 1 aliphatic carbocycles. The summed E-state index contributed by atoms with van der Waals surface area (Å²) in [6.45, 7) is 4.30. The summed E-state index contributed by atoms with van der Waals surface area (Å²) < 4.78 is 0. The van der Waals surface area contributed by atoms with Gasteiger partial charge in [0.05, 0.1) is 6.54 Å². The Labute approximate surface area is 90.8 Å². The third kappa shape index (κ3) is 2.06. The molecule has 3 nitrogen and oxygen atoms in total. The van der Waals surface area contributed by atoms with E-state index in [-0.39, 0.29) is 17.2 Å². The molecule has 0 unspecified atom stereocenters. The van der Waals surface area contributed by atoms with E-state index in [4.69, 9.17) is 0 Å². The zero-order chi connectivity index (χ0) is 11.1. The highest BCUT2D eigenvalue weighted by molar-refractivity contribution is 5.91. The van der Waals surface area contributed by atoms with Gasteiger partial charge in [0.2, 0.25) is 5.91 Å². The topological polar surface area (TPSA) is 37.4 Å². The Morgan fingerprint density at radius 2 is 2.13 bits per heavy atom. The number of amides is 1. The molecule has 3 heteroatoms. The van der Waals surface area contributed by atoms with Gasteiger partial charge in [-0.25, -0.2) is 0 Å². The zero-order valence-electron chi connectivity index (χ0n) is 9.58. The van der Waals surface area contributed by atoms with Crippen LogP contribution in [-0.2, 0) is 9.59 Å². The van der Waals surface area contributed by atoms with Crippen molar-refractivity contribution in [1.29, 1.82) is 0 Å². The summed E-state index contributed by atoms with van der Waals surface area (Å²) >= 11 is 0. The van der Waals surface area contributed by atoms with Crippen LogP contribution in [0, 0.1) is 5.92 Å². The van der Waals surface area contributed by atoms with Gasteiger partial charge in [0.25, 0.3) is 0 Å². The van der Waals surface area contributed by atoms with E-state index >= 15 is 0 Å². The number of nitrogens with zero attached hydrogens (tertiary/aromatic N) is 1. The number of likely N-dealkylation sites (tertiary alicyclic amines) is 1. The molecule has 1 amide bonds. The van der Waals surface area contributed by atoms with Gasteiger partial charge < -0.3 is 4.90 Å². The van der Waals surface area contributed by atoms with Crippen LogP contribution in [0.1, 0.15) is 46.0 Å². The minimum absolute atomic E-state index is 0.176. The van der Waals surface area contributed by atoms with E-state index in [1.54, 1.807) is 4.90 Å². The molecule has 15 heavy (non-hydrogen) atoms. The lowest BCUT2D eigenvalue weighted by molar-refractivity contribution is -0.136. The van der Waals surface area contributed by atoms with Gasteiger partial charge in [0.15, 0.2) is 5.78 Å². The van der Waals surface area contributed by atoms with Crippen molar-refractivity contribution in [2.24, 2.45) is 5.92 Å². The average molecular weight is 209 g/mol. The molecule has 2 rings (SSSR count). The fraction of sp³-hybridized carbons (Fsp3) is 0.833. The predicted molar refractivity (Wildman–Crippen MR) is 57.4 cm³/mol. The highest BCUT2D eigenvalue weighted by Crippen LogP contribution is 2.33. The van der Waals surface area contributed by atoms with Crippen molar-refractivity contribution >= 4 is 11.7 Å². The first-order chi connectivity index (χ1) is 6.99. The van der Waals surface area contributed by atoms with Gasteiger partial charge in [-0.15, -0.1) is 0 Å². The standard InChI is InChI=1S/C12H19NO2/c1-12(2)7-10(14)8-13(12)11(15)6-9-4-3-5-9/h9H,3-8H2,1-2H3. The van der Waals surface area contributed by atoms with Gasteiger partial charge >= 0.3 is 0 Å². The van der Waals surface area contributed by atoms with Crippen LogP contribution >= 0.6 is 0 Å². The second-order valence-corrected chi connectivity index (χ2v) is 5.51. The van der Waals surface area contributed by atoms with E-state index in [0.717, 1.165) is 0 Å². The lowest BCUT2D eigenvalue weighted by Gasteiger charge is -2.33. The van der Waals surface area contributed by atoms with Gasteiger partial charge in [-0.05, 0) is 32.6 Å². The molecule has 0 atom stereocenters. The van der Waals surface area contributed by atoms with Crippen LogP contribution in [0.5, 0.6) is 0 Å². The number of carbonyl (C=O) groups is 2. The third-order valence-electron chi connectivity index (χ3n) is 3.68. The fourth-order valence-electron chi connectivity index (χ4n) is 2.50. The van der Waals surface area contributed by atoms with Crippen LogP contribution in [0.3, 0.4) is 0 Å². The first-order valence-corrected chi connectivity index (χ1v) is 5.81. The van der Waals surface area contributed by atoms with Crippen LogP contribution in [-0.4, -0.2) is 28.7 Å². The van der Waals surface area contributed by atoms with Gasteiger partial charge in [0, 0.05) is 18.4 Å². The second-order valence-electron chi connectivity index (χ2n) is 5.51. The Morgan fingerprint density at radius 3 is 2.53 bits per heavy atom. The molecule has 0 spiro atoms. The van der Waals surface area contributed by atoms with Crippen LogP contribution in [0.25, 0.3) is 0 Å². The quantitative estimate of drug-likeness (QED) is 0.695. The SMILES string of the molecule is CC1(C)CC(=O)CN1C(=O)CC1CCC1. The maximum atomic E-state index is 12.0. The van der Waals surface area contributed by atoms with Crippen molar-refractivity contribution < 1.29 is 9.59 Å². The predicted octanol–water partition coefficient (Wildman–Crippen LogP) is 1.76. The van der Waals surface area contributed by atoms with E-state index < -0.39 is 0 Å². The smallest absolute Gasteiger partial charge is 0.223 e. The first-order valence-electron chi connectivity index (χ1n) is 5.81. The molecule has 0 aromatic carbocycles. The summed E-state index contributed by atoms with van der Waals surface area (Å²) in [5, 5.41) is 0. The summed E-state index contributed by atoms with van der Waals surface area (Å²) in [4.78, 5) is 25.1. The number of ketones is 1. The lowest BCUT2D eigenvalue weighted by atomic mass is 9.82. The van der Waals surface area contributed by atoms with E-state index in [2.05, 4.69) is 0 Å². The highest BCUT2D eigenvalue weighted by atomic mass is 16.2. The van der Waals surface area contributed by atoms with Crippen molar-refractivity contribution in [2.45, 2.75) is 51.5 Å². The molecule has 1 saturated heterocycles. The Hall–Kier alpha value is -0.860. The molecule has 1 saturated carbocycles. The van der Waals surface area contributed by atoms with E-state index in [1.165, 1.54) is 19.3 Å². The molecule has 2 aliphatic rings. The molecule has 2 fully saturated rings. The average Bonchev–Trinajstić information content (AvgIpc) is 2.31. The Balaban J connectivity index is 1.96. The van der Waals surface area contributed by atoms with Crippen LogP contribution < -0.4 is 0 Å². The lowest BCUT2D eigenvalue weighted by Crippen LogP contribution is -2.43. The molecular weight excluding hydrogens is 190 g/mol. The Kier molecular flexibility index (Phi) is 2.57. The van der Waals surface area contributed by atoms with Crippen molar-refractivity contribution in [3.05, 3.63) is 0 Å². The summed E-state index contributed by atoms with van der Waals surface area (Å²) in [5.74, 6) is 0.960.